The third-order valence-corrected chi connectivity index (χ3v) is 1.63. The van der Waals surface area contributed by atoms with Crippen LogP contribution in [0, 0.1) is 6.07 Å². The molecule has 1 aromatic rings. The quantitative estimate of drug-likeness (QED) is 0.425. The summed E-state index contributed by atoms with van der Waals surface area (Å²) in [4.78, 5) is 0. The Morgan fingerprint density at radius 1 is 1.25 bits per heavy atom. The van der Waals surface area contributed by atoms with Crippen LogP contribution in [0.5, 0.6) is 0 Å². The van der Waals surface area contributed by atoms with Gasteiger partial charge in [0.1, 0.15) is 0 Å². The molecule has 0 nitrogen and oxygen atoms in total. The average molecular weight is 277 g/mol. The largest absolute Gasteiger partial charge is 3.00 e. The predicted octanol–water partition coefficient (Wildman–Crippen LogP) is -3.94. The molecule has 0 atom stereocenters. The molecule has 12 heavy (non-hydrogen) atoms. The molecule has 0 aromatic heterocycles. The van der Waals surface area contributed by atoms with E-state index in [0.717, 1.165) is 6.42 Å². The van der Waals surface area contributed by atoms with Gasteiger partial charge in [-0.05, 0) is 6.42 Å². The van der Waals surface area contributed by atoms with Crippen LogP contribution in [-0.2, 0) is 32.6 Å². The van der Waals surface area contributed by atoms with Gasteiger partial charge in [-0.1, -0.05) is 6.08 Å². The van der Waals surface area contributed by atoms with E-state index in [0.29, 0.717) is 0 Å². The summed E-state index contributed by atoms with van der Waals surface area (Å²) in [5.41, 5.74) is 2.76. The van der Waals surface area contributed by atoms with Gasteiger partial charge in [0.05, 0.1) is 0 Å². The van der Waals surface area contributed by atoms with Gasteiger partial charge in [-0.25, -0.2) is 0 Å². The van der Waals surface area contributed by atoms with Gasteiger partial charge in [0, 0.05) is 0 Å². The first-order valence-corrected chi connectivity index (χ1v) is 3.12. The minimum atomic E-state index is 0. The fourth-order valence-electron chi connectivity index (χ4n) is 1.13. The van der Waals surface area contributed by atoms with Gasteiger partial charge in [0.25, 0.3) is 0 Å². The molecular formula is C9H7Cl2Zr. The number of hydrogen-bond acceptors (Lipinski definition) is 0. The van der Waals surface area contributed by atoms with Crippen LogP contribution >= 0.6 is 0 Å². The first kappa shape index (κ1) is 14.9. The SMILES string of the molecule is [Cl-].[Cl-].[Zr+3].[c-]1ccc2c(c1)C=CC2. The van der Waals surface area contributed by atoms with Crippen molar-refractivity contribution in [3.63, 3.8) is 0 Å². The zero-order chi connectivity index (χ0) is 6.10. The van der Waals surface area contributed by atoms with Gasteiger partial charge in [-0.2, -0.15) is 24.3 Å². The third-order valence-electron chi connectivity index (χ3n) is 1.63. The molecule has 0 bridgehead atoms. The zero-order valence-corrected chi connectivity index (χ0v) is 10.3. The first-order chi connectivity index (χ1) is 4.47. The van der Waals surface area contributed by atoms with E-state index in [1.807, 2.05) is 12.1 Å². The van der Waals surface area contributed by atoms with Crippen molar-refractivity contribution >= 4 is 6.08 Å². The summed E-state index contributed by atoms with van der Waals surface area (Å²) < 4.78 is 0. The number of hydrogen-bond donors (Lipinski definition) is 0. The van der Waals surface area contributed by atoms with E-state index in [1.54, 1.807) is 0 Å². The Bertz CT molecular complexity index is 258. The van der Waals surface area contributed by atoms with Crippen molar-refractivity contribution in [2.45, 2.75) is 6.42 Å². The topological polar surface area (TPSA) is 0 Å². The number of fused-ring (bicyclic) bond motifs is 1. The molecule has 0 fully saturated rings. The number of halogens is 2. The minimum Gasteiger partial charge on any atom is -1.00 e. The fourth-order valence-corrected chi connectivity index (χ4v) is 1.13. The third kappa shape index (κ3) is 3.05. The number of benzene rings is 1. The molecule has 1 aromatic carbocycles. The molecule has 61 valence electrons. The van der Waals surface area contributed by atoms with Gasteiger partial charge in [-0.15, -0.1) is 17.2 Å². The maximum Gasteiger partial charge on any atom is 3.00 e. The van der Waals surface area contributed by atoms with E-state index >= 15 is 0 Å². The molecule has 1 radical (unpaired) electrons. The summed E-state index contributed by atoms with van der Waals surface area (Å²) in [5.74, 6) is 0. The monoisotopic (exact) mass is 275 g/mol. The normalized spacial score (nSPS) is 10.3. The average Bonchev–Trinajstić information content (AvgIpc) is 2.33. The standard InChI is InChI=1S/C9H7.2ClH.Zr/c1-2-5-9-7-3-6-8(9)4-1;;;/h1,3-5,7H,6H2;2*1H;/q-1;;;+3/p-2. The molecule has 3 heteroatoms. The smallest absolute Gasteiger partial charge is 1.00 e. The van der Waals surface area contributed by atoms with Crippen molar-refractivity contribution in [2.75, 3.05) is 0 Å². The van der Waals surface area contributed by atoms with E-state index in [1.165, 1.54) is 11.1 Å². The van der Waals surface area contributed by atoms with Gasteiger partial charge < -0.3 is 24.8 Å². The van der Waals surface area contributed by atoms with Crippen LogP contribution in [-0.4, -0.2) is 0 Å². The van der Waals surface area contributed by atoms with Gasteiger partial charge >= 0.3 is 26.2 Å². The van der Waals surface area contributed by atoms with Crippen LogP contribution in [0.2, 0.25) is 0 Å². The van der Waals surface area contributed by atoms with Crippen LogP contribution in [0.4, 0.5) is 0 Å². The second-order valence-corrected chi connectivity index (χ2v) is 2.23. The molecule has 1 aliphatic rings. The Morgan fingerprint density at radius 3 is 2.67 bits per heavy atom. The fraction of sp³-hybridized carbons (Fsp3) is 0.111. The second-order valence-electron chi connectivity index (χ2n) is 2.23. The van der Waals surface area contributed by atoms with Crippen molar-refractivity contribution in [3.8, 4) is 0 Å². The Kier molecular flexibility index (Phi) is 8.56. The van der Waals surface area contributed by atoms with Crippen LogP contribution in [0.15, 0.2) is 24.3 Å². The second kappa shape index (κ2) is 6.89. The molecule has 0 amide bonds. The van der Waals surface area contributed by atoms with Crippen molar-refractivity contribution in [1.29, 1.82) is 0 Å². The Hall–Kier alpha value is 0.423. The molecule has 0 N–H and O–H groups in total. The summed E-state index contributed by atoms with van der Waals surface area (Å²) in [6.45, 7) is 0. The Labute approximate surface area is 104 Å². The van der Waals surface area contributed by atoms with E-state index in [9.17, 15) is 0 Å². The summed E-state index contributed by atoms with van der Waals surface area (Å²) >= 11 is 0. The van der Waals surface area contributed by atoms with Crippen LogP contribution in [0.1, 0.15) is 11.1 Å². The summed E-state index contributed by atoms with van der Waals surface area (Å²) in [5, 5.41) is 0. The molecule has 0 unspecified atom stereocenters. The zero-order valence-electron chi connectivity index (χ0n) is 6.35. The molecule has 0 heterocycles. The summed E-state index contributed by atoms with van der Waals surface area (Å²) in [6, 6.07) is 9.15. The maximum atomic E-state index is 3.04. The van der Waals surface area contributed by atoms with Gasteiger partial charge in [0.2, 0.25) is 0 Å². The van der Waals surface area contributed by atoms with E-state index in [-0.39, 0.29) is 51.0 Å². The molecule has 2 rings (SSSR count). The Morgan fingerprint density at radius 2 is 2.00 bits per heavy atom. The van der Waals surface area contributed by atoms with Crippen LogP contribution in [0.3, 0.4) is 0 Å². The van der Waals surface area contributed by atoms with E-state index < -0.39 is 0 Å². The van der Waals surface area contributed by atoms with Crippen LogP contribution < -0.4 is 24.8 Å². The molecule has 1 aliphatic carbocycles. The predicted molar refractivity (Wildman–Crippen MR) is 38.0 cm³/mol. The van der Waals surface area contributed by atoms with Gasteiger partial charge in [0.15, 0.2) is 0 Å². The summed E-state index contributed by atoms with van der Waals surface area (Å²) in [7, 11) is 0. The molecule has 0 saturated carbocycles. The van der Waals surface area contributed by atoms with Crippen molar-refractivity contribution < 1.29 is 51.0 Å². The molecular weight excluding hydrogens is 270 g/mol. The minimum absolute atomic E-state index is 0. The van der Waals surface area contributed by atoms with Gasteiger partial charge in [-0.3, -0.25) is 0 Å². The van der Waals surface area contributed by atoms with Crippen molar-refractivity contribution in [2.24, 2.45) is 0 Å². The van der Waals surface area contributed by atoms with E-state index in [4.69, 9.17) is 0 Å². The maximum absolute atomic E-state index is 3.04. The van der Waals surface area contributed by atoms with Crippen LogP contribution in [0.25, 0.3) is 6.08 Å². The number of allylic oxidation sites excluding steroid dienone is 1. The Balaban J connectivity index is 0. The molecule has 0 saturated heterocycles. The first-order valence-electron chi connectivity index (χ1n) is 3.12. The molecule has 0 aliphatic heterocycles. The van der Waals surface area contributed by atoms with Crippen molar-refractivity contribution in [1.82, 2.24) is 0 Å². The van der Waals surface area contributed by atoms with E-state index in [2.05, 4.69) is 24.3 Å². The molecule has 0 spiro atoms. The van der Waals surface area contributed by atoms with Crippen molar-refractivity contribution in [3.05, 3.63) is 41.5 Å². The number of rotatable bonds is 0. The summed E-state index contributed by atoms with van der Waals surface area (Å²) in [6.07, 6.45) is 5.42.